The van der Waals surface area contributed by atoms with E-state index in [0.29, 0.717) is 5.56 Å². The number of carbonyl (C=O) groups excluding carboxylic acids is 1. The number of rotatable bonds is 2. The van der Waals surface area contributed by atoms with E-state index in [-0.39, 0.29) is 0 Å². The summed E-state index contributed by atoms with van der Waals surface area (Å²) in [6, 6.07) is 11.0. The summed E-state index contributed by atoms with van der Waals surface area (Å²) < 4.78 is 0. The highest BCUT2D eigenvalue weighted by atomic mass is 35.5. The Morgan fingerprint density at radius 1 is 0.933 bits per heavy atom. The van der Waals surface area contributed by atoms with Crippen molar-refractivity contribution in [2.24, 2.45) is 0 Å². The highest BCUT2D eigenvalue weighted by Crippen LogP contribution is 2.19. The predicted molar refractivity (Wildman–Crippen MR) is 59.9 cm³/mol. The van der Waals surface area contributed by atoms with Crippen LogP contribution in [0.15, 0.2) is 48.8 Å². The third kappa shape index (κ3) is 2.22. The van der Waals surface area contributed by atoms with E-state index in [1.165, 1.54) is 0 Å². The second kappa shape index (κ2) is 4.24. The Balaban J connectivity index is 2.36. The largest absolute Gasteiger partial charge is 0.276 e. The van der Waals surface area contributed by atoms with Crippen molar-refractivity contribution >= 4 is 16.8 Å². The third-order valence-electron chi connectivity index (χ3n) is 2.13. The SMILES string of the molecule is O=C(Cl)c1ccc(-c2ccncc2)cc1. The first-order valence-corrected chi connectivity index (χ1v) is 4.85. The second-order valence-electron chi connectivity index (χ2n) is 3.09. The number of benzene rings is 1. The Hall–Kier alpha value is -1.67. The quantitative estimate of drug-likeness (QED) is 0.724. The molecule has 0 saturated carbocycles. The summed E-state index contributed by atoms with van der Waals surface area (Å²) in [5, 5.41) is -0.434. The maximum atomic E-state index is 10.8. The summed E-state index contributed by atoms with van der Waals surface area (Å²) in [7, 11) is 0. The third-order valence-corrected chi connectivity index (χ3v) is 2.34. The topological polar surface area (TPSA) is 30.0 Å². The standard InChI is InChI=1S/C12H8ClNO/c13-12(15)11-3-1-9(2-4-11)10-5-7-14-8-6-10/h1-8H. The average Bonchev–Trinajstić information content (AvgIpc) is 2.30. The second-order valence-corrected chi connectivity index (χ2v) is 3.43. The predicted octanol–water partition coefficient (Wildman–Crippen LogP) is 3.13. The molecule has 0 fully saturated rings. The first-order valence-electron chi connectivity index (χ1n) is 4.47. The van der Waals surface area contributed by atoms with Crippen molar-refractivity contribution in [3.05, 3.63) is 54.4 Å². The molecule has 1 aromatic carbocycles. The van der Waals surface area contributed by atoms with Gasteiger partial charge >= 0.3 is 0 Å². The number of carbonyl (C=O) groups is 1. The van der Waals surface area contributed by atoms with Crippen LogP contribution in [0.1, 0.15) is 10.4 Å². The molecule has 74 valence electrons. The lowest BCUT2D eigenvalue weighted by Crippen LogP contribution is -1.87. The summed E-state index contributed by atoms with van der Waals surface area (Å²) in [6.07, 6.45) is 3.46. The van der Waals surface area contributed by atoms with Gasteiger partial charge in [0.2, 0.25) is 0 Å². The molecule has 15 heavy (non-hydrogen) atoms. The van der Waals surface area contributed by atoms with E-state index in [0.717, 1.165) is 11.1 Å². The van der Waals surface area contributed by atoms with Gasteiger partial charge < -0.3 is 0 Å². The molecule has 0 unspecified atom stereocenters. The number of pyridine rings is 1. The van der Waals surface area contributed by atoms with E-state index >= 15 is 0 Å². The zero-order valence-electron chi connectivity index (χ0n) is 7.85. The van der Waals surface area contributed by atoms with Crippen molar-refractivity contribution in [1.29, 1.82) is 0 Å². The van der Waals surface area contributed by atoms with E-state index < -0.39 is 5.24 Å². The van der Waals surface area contributed by atoms with E-state index in [1.54, 1.807) is 24.5 Å². The summed E-state index contributed by atoms with van der Waals surface area (Å²) >= 11 is 5.35. The highest BCUT2D eigenvalue weighted by Gasteiger charge is 2.01. The Labute approximate surface area is 92.5 Å². The van der Waals surface area contributed by atoms with Gasteiger partial charge in [-0.2, -0.15) is 0 Å². The van der Waals surface area contributed by atoms with E-state index in [2.05, 4.69) is 4.98 Å². The van der Waals surface area contributed by atoms with Gasteiger partial charge in [-0.1, -0.05) is 12.1 Å². The zero-order chi connectivity index (χ0) is 10.7. The van der Waals surface area contributed by atoms with Gasteiger partial charge in [-0.3, -0.25) is 9.78 Å². The molecular formula is C12H8ClNO. The first kappa shape index (κ1) is 9.87. The summed E-state index contributed by atoms with van der Waals surface area (Å²) in [6.45, 7) is 0. The van der Waals surface area contributed by atoms with E-state index in [9.17, 15) is 4.79 Å². The van der Waals surface area contributed by atoms with Gasteiger partial charge in [-0.05, 0) is 47.0 Å². The molecule has 0 N–H and O–H groups in total. The molecule has 0 amide bonds. The van der Waals surface area contributed by atoms with Crippen LogP contribution in [0.2, 0.25) is 0 Å². The molecule has 0 aliphatic heterocycles. The Morgan fingerprint density at radius 3 is 2.00 bits per heavy atom. The number of halogens is 1. The molecule has 0 aliphatic carbocycles. The van der Waals surface area contributed by atoms with Gasteiger partial charge in [0.25, 0.3) is 5.24 Å². The highest BCUT2D eigenvalue weighted by molar-refractivity contribution is 6.67. The van der Waals surface area contributed by atoms with Crippen LogP contribution in [-0.2, 0) is 0 Å². The Kier molecular flexibility index (Phi) is 2.79. The van der Waals surface area contributed by atoms with Crippen LogP contribution in [-0.4, -0.2) is 10.2 Å². The molecule has 0 spiro atoms. The molecule has 0 bridgehead atoms. The fourth-order valence-electron chi connectivity index (χ4n) is 1.34. The lowest BCUT2D eigenvalue weighted by atomic mass is 10.1. The maximum Gasteiger partial charge on any atom is 0.252 e. The minimum absolute atomic E-state index is 0.434. The van der Waals surface area contributed by atoms with Crippen LogP contribution in [0.3, 0.4) is 0 Å². The number of aromatic nitrogens is 1. The fourth-order valence-corrected chi connectivity index (χ4v) is 1.46. The molecular weight excluding hydrogens is 210 g/mol. The van der Waals surface area contributed by atoms with Crippen molar-refractivity contribution in [3.63, 3.8) is 0 Å². The van der Waals surface area contributed by atoms with Crippen molar-refractivity contribution in [3.8, 4) is 11.1 Å². The van der Waals surface area contributed by atoms with Gasteiger partial charge in [0.15, 0.2) is 0 Å². The molecule has 0 saturated heterocycles. The van der Waals surface area contributed by atoms with Gasteiger partial charge in [0, 0.05) is 18.0 Å². The minimum Gasteiger partial charge on any atom is -0.276 e. The number of nitrogens with zero attached hydrogens (tertiary/aromatic N) is 1. The summed E-state index contributed by atoms with van der Waals surface area (Å²) in [4.78, 5) is 14.8. The molecule has 2 aromatic rings. The van der Waals surface area contributed by atoms with Crippen LogP contribution in [0.5, 0.6) is 0 Å². The molecule has 2 nitrogen and oxygen atoms in total. The molecule has 0 aliphatic rings. The van der Waals surface area contributed by atoms with Crippen LogP contribution in [0, 0.1) is 0 Å². The lowest BCUT2D eigenvalue weighted by molar-refractivity contribution is 0.108. The molecule has 1 aromatic heterocycles. The normalized spacial score (nSPS) is 9.93. The number of hydrogen-bond acceptors (Lipinski definition) is 2. The zero-order valence-corrected chi connectivity index (χ0v) is 8.61. The smallest absolute Gasteiger partial charge is 0.252 e. The van der Waals surface area contributed by atoms with Crippen molar-refractivity contribution in [2.75, 3.05) is 0 Å². The van der Waals surface area contributed by atoms with Crippen LogP contribution in [0.25, 0.3) is 11.1 Å². The van der Waals surface area contributed by atoms with E-state index in [4.69, 9.17) is 11.6 Å². The van der Waals surface area contributed by atoms with Crippen LogP contribution in [0.4, 0.5) is 0 Å². The fraction of sp³-hybridized carbons (Fsp3) is 0. The van der Waals surface area contributed by atoms with Gasteiger partial charge in [-0.25, -0.2) is 0 Å². The Morgan fingerprint density at radius 2 is 1.47 bits per heavy atom. The molecule has 1 heterocycles. The number of hydrogen-bond donors (Lipinski definition) is 0. The van der Waals surface area contributed by atoms with Crippen molar-refractivity contribution < 1.29 is 4.79 Å². The lowest BCUT2D eigenvalue weighted by Gasteiger charge is -2.00. The van der Waals surface area contributed by atoms with Crippen LogP contribution < -0.4 is 0 Å². The van der Waals surface area contributed by atoms with E-state index in [1.807, 2.05) is 24.3 Å². The summed E-state index contributed by atoms with van der Waals surface area (Å²) in [5.41, 5.74) is 2.62. The Bertz CT molecular complexity index is 465. The molecule has 0 atom stereocenters. The van der Waals surface area contributed by atoms with Gasteiger partial charge in [0.1, 0.15) is 0 Å². The van der Waals surface area contributed by atoms with Crippen molar-refractivity contribution in [1.82, 2.24) is 4.98 Å². The van der Waals surface area contributed by atoms with Gasteiger partial charge in [0.05, 0.1) is 0 Å². The molecule has 2 rings (SSSR count). The monoisotopic (exact) mass is 217 g/mol. The summed E-state index contributed by atoms with van der Waals surface area (Å²) in [5.74, 6) is 0. The van der Waals surface area contributed by atoms with Gasteiger partial charge in [-0.15, -0.1) is 0 Å². The van der Waals surface area contributed by atoms with Crippen LogP contribution >= 0.6 is 11.6 Å². The van der Waals surface area contributed by atoms with Crippen molar-refractivity contribution in [2.45, 2.75) is 0 Å². The molecule has 3 heteroatoms. The minimum atomic E-state index is -0.434. The molecule has 0 radical (unpaired) electrons. The maximum absolute atomic E-state index is 10.8. The average molecular weight is 218 g/mol. The first-order chi connectivity index (χ1) is 7.27.